The predicted octanol–water partition coefficient (Wildman–Crippen LogP) is 2.77. The van der Waals surface area contributed by atoms with Gasteiger partial charge in [-0.2, -0.15) is 0 Å². The Hall–Kier alpha value is -2.38. The summed E-state index contributed by atoms with van der Waals surface area (Å²) in [7, 11) is -1.63. The molecule has 0 saturated carbocycles. The van der Waals surface area contributed by atoms with E-state index in [0.29, 0.717) is 10.9 Å². The molecular weight excluding hydrogens is 353 g/mol. The van der Waals surface area contributed by atoms with E-state index in [1.807, 2.05) is 12.1 Å². The second-order valence-corrected chi connectivity index (χ2v) is 8.42. The Morgan fingerprint density at radius 3 is 2.31 bits per heavy atom. The summed E-state index contributed by atoms with van der Waals surface area (Å²) in [6, 6.07) is 12.7. The quantitative estimate of drug-likeness (QED) is 0.708. The van der Waals surface area contributed by atoms with Gasteiger partial charge >= 0.3 is 0 Å². The van der Waals surface area contributed by atoms with Crippen LogP contribution in [0, 0.1) is 5.82 Å². The van der Waals surface area contributed by atoms with Gasteiger partial charge in [-0.1, -0.05) is 0 Å². The summed E-state index contributed by atoms with van der Waals surface area (Å²) in [5.74, 6) is -0.385. The average molecular weight is 373 g/mol. The molecule has 136 valence electrons. The van der Waals surface area contributed by atoms with Crippen LogP contribution >= 0.6 is 0 Å². The number of fused-ring (bicyclic) bond motifs is 1. The fourth-order valence-electron chi connectivity index (χ4n) is 3.30. The average Bonchev–Trinajstić information content (AvgIpc) is 3.06. The van der Waals surface area contributed by atoms with Crippen LogP contribution in [0.25, 0.3) is 10.9 Å². The summed E-state index contributed by atoms with van der Waals surface area (Å²) < 4.78 is 40.5. The molecule has 1 aliphatic rings. The first-order valence-corrected chi connectivity index (χ1v) is 9.95. The third-order valence-corrected chi connectivity index (χ3v) is 6.58. The third-order valence-electron chi connectivity index (χ3n) is 4.88. The van der Waals surface area contributed by atoms with E-state index < -0.39 is 10.0 Å². The number of halogens is 1. The van der Waals surface area contributed by atoms with Crippen LogP contribution < -0.4 is 4.90 Å². The van der Waals surface area contributed by atoms with Gasteiger partial charge in [0.2, 0.25) is 0 Å². The second-order valence-electron chi connectivity index (χ2n) is 6.60. The fourth-order valence-corrected chi connectivity index (χ4v) is 4.66. The summed E-state index contributed by atoms with van der Waals surface area (Å²) in [5.41, 5.74) is 1.49. The van der Waals surface area contributed by atoms with Gasteiger partial charge in [0.25, 0.3) is 10.0 Å². The monoisotopic (exact) mass is 373 g/mol. The van der Waals surface area contributed by atoms with Gasteiger partial charge in [-0.15, -0.1) is 0 Å². The van der Waals surface area contributed by atoms with Crippen LogP contribution in [-0.4, -0.2) is 50.5 Å². The van der Waals surface area contributed by atoms with E-state index >= 15 is 0 Å². The van der Waals surface area contributed by atoms with Gasteiger partial charge in [-0.05, 0) is 55.6 Å². The van der Waals surface area contributed by atoms with Gasteiger partial charge in [0.1, 0.15) is 5.82 Å². The van der Waals surface area contributed by atoms with E-state index in [9.17, 15) is 12.8 Å². The first kappa shape index (κ1) is 17.1. The molecule has 0 unspecified atom stereocenters. The SMILES string of the molecule is CN1CCN(c2ccc(S(=O)(=O)n3ccc4cc(F)ccc43)cc2)CC1. The van der Waals surface area contributed by atoms with Crippen molar-refractivity contribution in [2.24, 2.45) is 0 Å². The fraction of sp³-hybridized carbons (Fsp3) is 0.263. The Balaban J connectivity index is 1.65. The smallest absolute Gasteiger partial charge is 0.268 e. The van der Waals surface area contributed by atoms with Crippen molar-refractivity contribution in [2.75, 3.05) is 38.1 Å². The lowest BCUT2D eigenvalue weighted by molar-refractivity contribution is 0.313. The molecule has 0 bridgehead atoms. The number of aromatic nitrogens is 1. The highest BCUT2D eigenvalue weighted by atomic mass is 32.2. The van der Waals surface area contributed by atoms with Crippen molar-refractivity contribution in [3.05, 3.63) is 60.5 Å². The summed E-state index contributed by atoms with van der Waals surface area (Å²) in [5, 5.41) is 0.558. The predicted molar refractivity (Wildman–Crippen MR) is 101 cm³/mol. The van der Waals surface area contributed by atoms with E-state index in [-0.39, 0.29) is 10.7 Å². The van der Waals surface area contributed by atoms with Crippen molar-refractivity contribution in [3.8, 4) is 0 Å². The summed E-state index contributed by atoms with van der Waals surface area (Å²) >= 11 is 0. The second kappa shape index (κ2) is 6.41. The van der Waals surface area contributed by atoms with Crippen molar-refractivity contribution in [1.82, 2.24) is 8.87 Å². The Labute approximate surface area is 152 Å². The zero-order valence-corrected chi connectivity index (χ0v) is 15.3. The topological polar surface area (TPSA) is 45.6 Å². The highest BCUT2D eigenvalue weighted by Crippen LogP contribution is 2.25. The Kier molecular flexibility index (Phi) is 4.20. The maximum Gasteiger partial charge on any atom is 0.268 e. The van der Waals surface area contributed by atoms with Crippen LogP contribution in [0.1, 0.15) is 0 Å². The van der Waals surface area contributed by atoms with Crippen LogP contribution in [0.15, 0.2) is 59.6 Å². The number of hydrogen-bond donors (Lipinski definition) is 0. The molecule has 0 atom stereocenters. The van der Waals surface area contributed by atoms with Crippen LogP contribution in [0.5, 0.6) is 0 Å². The summed E-state index contributed by atoms with van der Waals surface area (Å²) in [6.45, 7) is 3.84. The molecular formula is C19H20FN3O2S. The molecule has 1 fully saturated rings. The molecule has 2 heterocycles. The molecule has 7 heteroatoms. The standard InChI is InChI=1S/C19H20FN3O2S/c1-21-10-12-22(13-11-21)17-3-5-18(6-4-17)26(24,25)23-9-8-15-14-16(20)2-7-19(15)23/h2-9,14H,10-13H2,1H3. The number of nitrogens with zero attached hydrogens (tertiary/aromatic N) is 3. The van der Waals surface area contributed by atoms with E-state index in [4.69, 9.17) is 0 Å². The maximum atomic E-state index is 13.3. The Morgan fingerprint density at radius 1 is 0.923 bits per heavy atom. The molecule has 0 spiro atoms. The molecule has 0 aliphatic carbocycles. The van der Waals surface area contributed by atoms with Crippen LogP contribution in [-0.2, 0) is 10.0 Å². The highest BCUT2D eigenvalue weighted by molar-refractivity contribution is 7.90. The zero-order valence-electron chi connectivity index (χ0n) is 14.5. The number of anilines is 1. The van der Waals surface area contributed by atoms with Crippen molar-refractivity contribution < 1.29 is 12.8 Å². The Bertz CT molecular complexity index is 1040. The first-order valence-electron chi connectivity index (χ1n) is 8.51. The molecule has 1 aliphatic heterocycles. The molecule has 3 aromatic rings. The lowest BCUT2D eigenvalue weighted by Crippen LogP contribution is -2.44. The van der Waals surface area contributed by atoms with E-state index in [1.165, 1.54) is 28.4 Å². The summed E-state index contributed by atoms with van der Waals surface area (Å²) in [4.78, 5) is 4.75. The molecule has 4 rings (SSSR count). The normalized spacial score (nSPS) is 16.3. The number of hydrogen-bond acceptors (Lipinski definition) is 4. The molecule has 0 radical (unpaired) electrons. The van der Waals surface area contributed by atoms with Crippen LogP contribution in [0.2, 0.25) is 0 Å². The minimum atomic E-state index is -3.72. The van der Waals surface area contributed by atoms with Gasteiger partial charge in [0, 0.05) is 43.4 Å². The van der Waals surface area contributed by atoms with Gasteiger partial charge in [0.15, 0.2) is 0 Å². The number of piperazine rings is 1. The van der Waals surface area contributed by atoms with Gasteiger partial charge in [-0.25, -0.2) is 16.8 Å². The van der Waals surface area contributed by atoms with Gasteiger partial charge < -0.3 is 9.80 Å². The van der Waals surface area contributed by atoms with Crippen molar-refractivity contribution in [2.45, 2.75) is 4.90 Å². The van der Waals surface area contributed by atoms with Crippen molar-refractivity contribution in [3.63, 3.8) is 0 Å². The van der Waals surface area contributed by atoms with Crippen molar-refractivity contribution in [1.29, 1.82) is 0 Å². The third kappa shape index (κ3) is 2.97. The molecule has 1 aromatic heterocycles. The minimum absolute atomic E-state index is 0.220. The van der Waals surface area contributed by atoms with Gasteiger partial charge in [0.05, 0.1) is 10.4 Å². The van der Waals surface area contributed by atoms with Crippen LogP contribution in [0.4, 0.5) is 10.1 Å². The first-order chi connectivity index (χ1) is 12.4. The minimum Gasteiger partial charge on any atom is -0.369 e. The highest BCUT2D eigenvalue weighted by Gasteiger charge is 2.20. The zero-order chi connectivity index (χ0) is 18.3. The maximum absolute atomic E-state index is 13.3. The van der Waals surface area contributed by atoms with Crippen molar-refractivity contribution >= 4 is 26.6 Å². The molecule has 2 aromatic carbocycles. The Morgan fingerprint density at radius 2 is 1.62 bits per heavy atom. The lowest BCUT2D eigenvalue weighted by atomic mass is 10.2. The number of benzene rings is 2. The van der Waals surface area contributed by atoms with E-state index in [0.717, 1.165) is 31.9 Å². The molecule has 1 saturated heterocycles. The van der Waals surface area contributed by atoms with Gasteiger partial charge in [-0.3, -0.25) is 0 Å². The molecule has 0 amide bonds. The summed E-state index contributed by atoms with van der Waals surface area (Å²) in [6.07, 6.45) is 1.47. The largest absolute Gasteiger partial charge is 0.369 e. The molecule has 26 heavy (non-hydrogen) atoms. The number of likely N-dealkylation sites (N-methyl/N-ethyl adjacent to an activating group) is 1. The van der Waals surface area contributed by atoms with Crippen LogP contribution in [0.3, 0.4) is 0 Å². The van der Waals surface area contributed by atoms with E-state index in [1.54, 1.807) is 18.2 Å². The number of rotatable bonds is 3. The lowest BCUT2D eigenvalue weighted by Gasteiger charge is -2.34. The molecule has 0 N–H and O–H groups in total. The van der Waals surface area contributed by atoms with E-state index in [2.05, 4.69) is 16.8 Å². The molecule has 5 nitrogen and oxygen atoms in total.